The zero-order valence-corrected chi connectivity index (χ0v) is 20.7. The normalized spacial score (nSPS) is 11.5. The van der Waals surface area contributed by atoms with Crippen molar-refractivity contribution in [2.45, 2.75) is 11.3 Å². The Bertz CT molecular complexity index is 1400. The van der Waals surface area contributed by atoms with Crippen molar-refractivity contribution in [2.75, 3.05) is 5.73 Å². The third-order valence-corrected chi connectivity index (χ3v) is 6.45. The average molecular weight is 474 g/mol. The fourth-order valence-electron chi connectivity index (χ4n) is 3.14. The van der Waals surface area contributed by atoms with Crippen LogP contribution in [0.5, 0.6) is 0 Å². The summed E-state index contributed by atoms with van der Waals surface area (Å²) in [5.74, 6) is 0.0414. The van der Waals surface area contributed by atoms with Crippen LogP contribution >= 0.6 is 11.3 Å². The van der Waals surface area contributed by atoms with Crippen molar-refractivity contribution in [3.8, 4) is 0 Å². The van der Waals surface area contributed by atoms with Gasteiger partial charge in [0.2, 0.25) is 0 Å². The fourth-order valence-corrected chi connectivity index (χ4v) is 4.51. The first-order chi connectivity index (χ1) is 14.8. The number of hydrogen-bond donors (Lipinski definition) is 1. The molecule has 0 amide bonds. The van der Waals surface area contributed by atoms with Gasteiger partial charge in [0.1, 0.15) is 15.8 Å². The Hall–Kier alpha value is -2.40. The molecule has 0 aliphatic carbocycles. The van der Waals surface area contributed by atoms with E-state index in [1.807, 2.05) is 11.4 Å². The number of carbonyl (C=O) groups is 1. The molecule has 1 aromatic heterocycles. The summed E-state index contributed by atoms with van der Waals surface area (Å²) in [6.07, 6.45) is 0.278. The molecule has 156 valence electrons. The number of nitrogens with two attached hydrogens (primary N) is 1. The van der Waals surface area contributed by atoms with Gasteiger partial charge in [0, 0.05) is 17.2 Å². The second-order valence-electron chi connectivity index (χ2n) is 6.75. The molecular formula is C22H16N3NaO4S2. The summed E-state index contributed by atoms with van der Waals surface area (Å²) in [6, 6.07) is 18.2. The molecule has 4 rings (SSSR count). The first-order valence-corrected chi connectivity index (χ1v) is 11.5. The fraction of sp³-hybridized carbons (Fsp3) is 0.0455. The molecule has 0 saturated heterocycles. The van der Waals surface area contributed by atoms with E-state index >= 15 is 0 Å². The number of carbonyl (C=O) groups excluding carboxylic acids is 1. The first kappa shape index (κ1) is 24.2. The van der Waals surface area contributed by atoms with Gasteiger partial charge in [-0.15, -0.1) is 16.5 Å². The number of fused-ring (bicyclic) bond motifs is 1. The zero-order chi connectivity index (χ0) is 22.0. The number of anilines is 1. The van der Waals surface area contributed by atoms with Crippen LogP contribution in [0.2, 0.25) is 0 Å². The van der Waals surface area contributed by atoms with Crippen molar-refractivity contribution >= 4 is 55.1 Å². The number of nitrogen functional groups attached to an aromatic ring is 1. The van der Waals surface area contributed by atoms with Gasteiger partial charge in [0.05, 0.1) is 21.1 Å². The number of benzene rings is 3. The zero-order valence-electron chi connectivity index (χ0n) is 17.1. The Morgan fingerprint density at radius 1 is 0.969 bits per heavy atom. The van der Waals surface area contributed by atoms with Gasteiger partial charge in [-0.25, -0.2) is 8.42 Å². The van der Waals surface area contributed by atoms with Crippen molar-refractivity contribution in [1.82, 2.24) is 0 Å². The Labute approximate surface area is 211 Å². The molecule has 0 unspecified atom stereocenters. The number of nitrogens with zero attached hydrogens (tertiary/aromatic N) is 2. The standard InChI is InChI=1S/C22H17N3O4S2.Na/c23-22-17-5-2-1-4-16(17)21(31(27,28)29)13-18(22)25-24-15-9-7-14(8-10-15)12-19(26)20-6-3-11-30-20;/h1-11,13H,12,23H2,(H,27,28,29);/q;+1/p-1. The third-order valence-electron chi connectivity index (χ3n) is 4.67. The smallest absolute Gasteiger partial charge is 0.744 e. The molecule has 0 fully saturated rings. The van der Waals surface area contributed by atoms with E-state index in [1.165, 1.54) is 17.4 Å². The van der Waals surface area contributed by atoms with Crippen molar-refractivity contribution in [2.24, 2.45) is 10.2 Å². The van der Waals surface area contributed by atoms with Crippen molar-refractivity contribution in [3.05, 3.63) is 82.6 Å². The molecule has 32 heavy (non-hydrogen) atoms. The second kappa shape index (κ2) is 10.0. The van der Waals surface area contributed by atoms with Crippen molar-refractivity contribution in [1.29, 1.82) is 0 Å². The molecule has 0 aliphatic heterocycles. The molecule has 0 aliphatic rings. The number of azo groups is 1. The van der Waals surface area contributed by atoms with E-state index in [4.69, 9.17) is 5.73 Å². The van der Waals surface area contributed by atoms with Crippen LogP contribution in [0.4, 0.5) is 17.1 Å². The second-order valence-corrected chi connectivity index (χ2v) is 9.05. The number of rotatable bonds is 6. The van der Waals surface area contributed by atoms with E-state index in [0.717, 1.165) is 11.6 Å². The summed E-state index contributed by atoms with van der Waals surface area (Å²) in [5.41, 5.74) is 7.78. The SMILES string of the molecule is Nc1c(N=Nc2ccc(CC(=O)c3cccs3)cc2)cc(S(=O)(=O)[O-])c2ccccc12.[Na+]. The van der Waals surface area contributed by atoms with E-state index in [2.05, 4.69) is 10.2 Å². The van der Waals surface area contributed by atoms with Gasteiger partial charge in [0.15, 0.2) is 5.78 Å². The van der Waals surface area contributed by atoms with Crippen LogP contribution in [0.15, 0.2) is 87.2 Å². The van der Waals surface area contributed by atoms with Crippen LogP contribution < -0.4 is 35.3 Å². The molecule has 0 bridgehead atoms. The molecule has 2 N–H and O–H groups in total. The predicted molar refractivity (Wildman–Crippen MR) is 119 cm³/mol. The van der Waals surface area contributed by atoms with E-state index in [1.54, 1.807) is 48.5 Å². The molecule has 3 aromatic carbocycles. The van der Waals surface area contributed by atoms with Crippen molar-refractivity contribution in [3.63, 3.8) is 0 Å². The van der Waals surface area contributed by atoms with Crippen LogP contribution in [-0.2, 0) is 16.5 Å². The minimum Gasteiger partial charge on any atom is -0.744 e. The maximum atomic E-state index is 12.2. The van der Waals surface area contributed by atoms with E-state index in [-0.39, 0.29) is 58.5 Å². The third kappa shape index (κ3) is 5.32. The largest absolute Gasteiger partial charge is 1.00 e. The molecule has 10 heteroatoms. The molecule has 0 spiro atoms. The van der Waals surface area contributed by atoms with Crippen molar-refractivity contribution < 1.29 is 47.3 Å². The summed E-state index contributed by atoms with van der Waals surface area (Å²) in [7, 11) is -4.73. The number of hydrogen-bond acceptors (Lipinski definition) is 8. The topological polar surface area (TPSA) is 125 Å². The Morgan fingerprint density at radius 2 is 1.66 bits per heavy atom. The number of thiophene rings is 1. The first-order valence-electron chi connectivity index (χ1n) is 9.17. The maximum Gasteiger partial charge on any atom is 1.00 e. The Kier molecular flexibility index (Phi) is 7.60. The van der Waals surface area contributed by atoms with Gasteiger partial charge < -0.3 is 10.3 Å². The van der Waals surface area contributed by atoms with Gasteiger partial charge in [-0.3, -0.25) is 4.79 Å². The molecule has 4 aromatic rings. The maximum absolute atomic E-state index is 12.2. The van der Waals surface area contributed by atoms with Gasteiger partial charge in [-0.1, -0.05) is 42.5 Å². The number of Topliss-reactive ketones (excluding diaryl/α,β-unsaturated/α-hetero) is 1. The monoisotopic (exact) mass is 473 g/mol. The van der Waals surface area contributed by atoms with Crippen LogP contribution in [0.25, 0.3) is 10.8 Å². The molecular weight excluding hydrogens is 457 g/mol. The van der Waals surface area contributed by atoms with Crippen LogP contribution in [0.3, 0.4) is 0 Å². The average Bonchev–Trinajstić information content (AvgIpc) is 3.29. The predicted octanol–water partition coefficient (Wildman–Crippen LogP) is 2.23. The Morgan fingerprint density at radius 3 is 2.28 bits per heavy atom. The van der Waals surface area contributed by atoms with Gasteiger partial charge in [-0.05, 0) is 35.2 Å². The molecule has 0 atom stereocenters. The van der Waals surface area contributed by atoms with Crippen LogP contribution in [0.1, 0.15) is 15.2 Å². The van der Waals surface area contributed by atoms with E-state index in [0.29, 0.717) is 16.0 Å². The number of ketones is 1. The van der Waals surface area contributed by atoms with Gasteiger partial charge in [0.25, 0.3) is 0 Å². The van der Waals surface area contributed by atoms with Gasteiger partial charge >= 0.3 is 29.6 Å². The molecule has 0 radical (unpaired) electrons. The van der Waals surface area contributed by atoms with E-state index in [9.17, 15) is 17.8 Å². The Balaban J connectivity index is 0.00000289. The summed E-state index contributed by atoms with van der Waals surface area (Å²) >= 11 is 1.40. The summed E-state index contributed by atoms with van der Waals surface area (Å²) in [4.78, 5) is 12.5. The molecule has 1 heterocycles. The van der Waals surface area contributed by atoms with Crippen LogP contribution in [0, 0.1) is 0 Å². The van der Waals surface area contributed by atoms with Gasteiger partial charge in [-0.2, -0.15) is 5.11 Å². The quantitative estimate of drug-likeness (QED) is 0.151. The minimum absolute atomic E-state index is 0. The van der Waals surface area contributed by atoms with Crippen LogP contribution in [-0.4, -0.2) is 18.8 Å². The molecule has 0 saturated carbocycles. The molecule has 7 nitrogen and oxygen atoms in total. The summed E-state index contributed by atoms with van der Waals surface area (Å²) in [6.45, 7) is 0. The van der Waals surface area contributed by atoms with E-state index < -0.39 is 15.0 Å². The summed E-state index contributed by atoms with van der Waals surface area (Å²) < 4.78 is 35.1. The summed E-state index contributed by atoms with van der Waals surface area (Å²) in [5, 5.41) is 10.7. The minimum atomic E-state index is -4.73.